The number of amides is 2. The van der Waals surface area contributed by atoms with Gasteiger partial charge in [-0.25, -0.2) is 0 Å². The Labute approximate surface area is 300 Å². The van der Waals surface area contributed by atoms with Crippen LogP contribution in [0.5, 0.6) is 0 Å². The van der Waals surface area contributed by atoms with Crippen LogP contribution in [0.1, 0.15) is 59.8 Å². The van der Waals surface area contributed by atoms with Crippen LogP contribution in [0.15, 0.2) is 121 Å². The molecule has 8 nitrogen and oxygen atoms in total. The predicted octanol–water partition coefficient (Wildman–Crippen LogP) is 7.41. The summed E-state index contributed by atoms with van der Waals surface area (Å²) in [4.78, 5) is 30.9. The third-order valence-electron chi connectivity index (χ3n) is 12.6. The summed E-state index contributed by atoms with van der Waals surface area (Å²) in [6, 6.07) is 40.4. The average molecular weight is 685 g/mol. The average Bonchev–Trinajstić information content (AvgIpc) is 3.72. The maximum Gasteiger partial charge on any atom is 0.229 e. The van der Waals surface area contributed by atoms with Gasteiger partial charge in [-0.15, -0.1) is 0 Å². The number of aliphatic hydroxyl groups is 2. The van der Waals surface area contributed by atoms with Gasteiger partial charge in [0.05, 0.1) is 23.6 Å². The van der Waals surface area contributed by atoms with Crippen molar-refractivity contribution in [1.29, 1.82) is 0 Å². The standard InChI is InChI=1S/C44H36N4O4/c49-35-21-23-43(25-9-3-1-4-10-25)45-31-19-17-29(27-13-7-15-33(37(27)31)47(35)43)39-41(51)40(42(39)52)30-18-20-32-38-28(30)14-8-16-34(38)48-36(50)22-24-44(48,46-32)26-11-5-2-6-12-26/h1-20,39-42,45-46,51-52H,21-24H2. The van der Waals surface area contributed by atoms with Crippen LogP contribution in [0.4, 0.5) is 22.7 Å². The molecule has 0 spiro atoms. The molecule has 6 aromatic rings. The predicted molar refractivity (Wildman–Crippen MR) is 202 cm³/mol. The molecule has 11 rings (SSSR count). The van der Waals surface area contributed by atoms with E-state index in [2.05, 4.69) is 34.9 Å². The van der Waals surface area contributed by atoms with Gasteiger partial charge in [-0.05, 0) is 57.3 Å². The molecule has 256 valence electrons. The highest BCUT2D eigenvalue weighted by atomic mass is 16.3. The number of anilines is 4. The highest BCUT2D eigenvalue weighted by Crippen LogP contribution is 2.57. The number of carbonyl (C=O) groups is 2. The quantitative estimate of drug-likeness (QED) is 0.154. The van der Waals surface area contributed by atoms with Crippen molar-refractivity contribution in [3.63, 3.8) is 0 Å². The van der Waals surface area contributed by atoms with Gasteiger partial charge in [-0.1, -0.05) is 97.1 Å². The molecule has 0 bridgehead atoms. The summed E-state index contributed by atoms with van der Waals surface area (Å²) >= 11 is 0. The topological polar surface area (TPSA) is 105 Å². The van der Waals surface area contributed by atoms with E-state index in [1.165, 1.54) is 0 Å². The zero-order valence-electron chi connectivity index (χ0n) is 28.3. The number of carbonyl (C=O) groups excluding carboxylic acids is 2. The fourth-order valence-electron chi connectivity index (χ4n) is 10.4. The van der Waals surface area contributed by atoms with E-state index in [9.17, 15) is 19.8 Å². The molecule has 52 heavy (non-hydrogen) atoms. The zero-order chi connectivity index (χ0) is 34.9. The smallest absolute Gasteiger partial charge is 0.229 e. The minimum Gasteiger partial charge on any atom is -0.392 e. The molecule has 0 aromatic heterocycles. The van der Waals surface area contributed by atoms with Crippen LogP contribution in [0, 0.1) is 0 Å². The fourth-order valence-corrected chi connectivity index (χ4v) is 10.4. The second kappa shape index (κ2) is 10.4. The molecule has 2 saturated heterocycles. The van der Waals surface area contributed by atoms with E-state index in [0.717, 1.165) is 66.5 Å². The summed E-state index contributed by atoms with van der Waals surface area (Å²) in [5.41, 5.74) is 6.00. The Kier molecular flexibility index (Phi) is 6.02. The third kappa shape index (κ3) is 3.68. The minimum absolute atomic E-state index is 0.0673. The van der Waals surface area contributed by atoms with Gasteiger partial charge >= 0.3 is 0 Å². The second-order valence-corrected chi connectivity index (χ2v) is 15.0. The molecule has 2 atom stereocenters. The number of nitrogens with zero attached hydrogens (tertiary/aromatic N) is 2. The number of nitrogens with one attached hydrogen (secondary N) is 2. The van der Waals surface area contributed by atoms with Gasteiger partial charge in [0.25, 0.3) is 0 Å². The minimum atomic E-state index is -0.856. The van der Waals surface area contributed by atoms with Crippen molar-refractivity contribution in [2.45, 2.75) is 61.1 Å². The van der Waals surface area contributed by atoms with Crippen molar-refractivity contribution >= 4 is 56.1 Å². The van der Waals surface area contributed by atoms with Gasteiger partial charge in [-0.3, -0.25) is 19.4 Å². The number of hydrogen-bond acceptors (Lipinski definition) is 6. The monoisotopic (exact) mass is 684 g/mol. The van der Waals surface area contributed by atoms with Gasteiger partial charge in [-0.2, -0.15) is 0 Å². The Balaban J connectivity index is 0.983. The van der Waals surface area contributed by atoms with E-state index < -0.39 is 35.4 Å². The Hall–Kier alpha value is -5.70. The van der Waals surface area contributed by atoms with Gasteiger partial charge in [0.15, 0.2) is 0 Å². The summed E-state index contributed by atoms with van der Waals surface area (Å²) in [7, 11) is 0. The Morgan fingerprint density at radius 1 is 0.519 bits per heavy atom. The maximum atomic E-state index is 13.6. The molecule has 2 amide bonds. The first-order valence-electron chi connectivity index (χ1n) is 18.2. The van der Waals surface area contributed by atoms with E-state index in [1.54, 1.807) is 0 Å². The molecule has 3 fully saturated rings. The Morgan fingerprint density at radius 2 is 0.942 bits per heavy atom. The first-order valence-corrected chi connectivity index (χ1v) is 18.2. The number of fused-ring (bicyclic) bond motifs is 4. The molecule has 1 saturated carbocycles. The van der Waals surface area contributed by atoms with E-state index >= 15 is 0 Å². The van der Waals surface area contributed by atoms with Crippen molar-refractivity contribution < 1.29 is 19.8 Å². The largest absolute Gasteiger partial charge is 0.392 e. The van der Waals surface area contributed by atoms with Crippen LogP contribution in [-0.4, -0.2) is 34.2 Å². The zero-order valence-corrected chi connectivity index (χ0v) is 28.3. The van der Waals surface area contributed by atoms with E-state index in [-0.39, 0.29) is 11.8 Å². The molecule has 1 aliphatic carbocycles. The van der Waals surface area contributed by atoms with Crippen LogP contribution in [0.2, 0.25) is 0 Å². The number of rotatable bonds is 4. The molecule has 4 N–H and O–H groups in total. The number of hydrogen-bond donors (Lipinski definition) is 4. The summed E-state index contributed by atoms with van der Waals surface area (Å²) < 4.78 is 0. The fraction of sp³-hybridized carbons (Fsp3) is 0.227. The number of benzene rings is 6. The van der Waals surface area contributed by atoms with Crippen LogP contribution < -0.4 is 20.4 Å². The van der Waals surface area contributed by atoms with Gasteiger partial charge in [0.2, 0.25) is 11.8 Å². The van der Waals surface area contributed by atoms with Gasteiger partial charge < -0.3 is 20.8 Å². The molecule has 4 heterocycles. The van der Waals surface area contributed by atoms with Crippen LogP contribution in [0.3, 0.4) is 0 Å². The number of aliphatic hydroxyl groups excluding tert-OH is 2. The lowest BCUT2D eigenvalue weighted by Crippen LogP contribution is -2.53. The van der Waals surface area contributed by atoms with E-state index in [4.69, 9.17) is 0 Å². The Bertz CT molecular complexity index is 2320. The summed E-state index contributed by atoms with van der Waals surface area (Å²) in [6.07, 6.45) is 0.460. The molecule has 5 aliphatic rings. The van der Waals surface area contributed by atoms with Crippen LogP contribution in [0.25, 0.3) is 21.5 Å². The molecule has 6 aromatic carbocycles. The second-order valence-electron chi connectivity index (χ2n) is 15.0. The van der Waals surface area contributed by atoms with Gasteiger partial charge in [0.1, 0.15) is 11.3 Å². The molecule has 4 aliphatic heterocycles. The molecule has 2 unspecified atom stereocenters. The normalized spacial score (nSPS) is 28.3. The molecular formula is C44H36N4O4. The third-order valence-corrected chi connectivity index (χ3v) is 12.6. The molecular weight excluding hydrogens is 649 g/mol. The lowest BCUT2D eigenvalue weighted by atomic mass is 9.62. The highest BCUT2D eigenvalue weighted by molar-refractivity contribution is 6.16. The van der Waals surface area contributed by atoms with E-state index in [0.29, 0.717) is 25.7 Å². The summed E-state index contributed by atoms with van der Waals surface area (Å²) in [5.74, 6) is -0.922. The van der Waals surface area contributed by atoms with Crippen molar-refractivity contribution in [1.82, 2.24) is 0 Å². The van der Waals surface area contributed by atoms with Crippen LogP contribution in [-0.2, 0) is 20.9 Å². The SMILES string of the molecule is O=C1CCC2(c3ccccc3)Nc3ccc(C4C(O)C(c5ccc6c7c(cccc57)N5C(=O)CCC5(c5ccccc5)N6)C4O)c4cccc(c34)N12. The van der Waals surface area contributed by atoms with Gasteiger partial charge in [0, 0.05) is 59.7 Å². The van der Waals surface area contributed by atoms with Crippen molar-refractivity contribution in [3.8, 4) is 0 Å². The van der Waals surface area contributed by atoms with Crippen LogP contribution >= 0.6 is 0 Å². The molecule has 8 heteroatoms. The molecule has 0 radical (unpaired) electrons. The summed E-state index contributed by atoms with van der Waals surface area (Å²) in [6.45, 7) is 0. The lowest BCUT2D eigenvalue weighted by molar-refractivity contribution is -0.118. The Morgan fingerprint density at radius 3 is 1.37 bits per heavy atom. The highest BCUT2D eigenvalue weighted by Gasteiger charge is 2.55. The maximum absolute atomic E-state index is 13.6. The van der Waals surface area contributed by atoms with Crippen molar-refractivity contribution in [3.05, 3.63) is 144 Å². The lowest BCUT2D eigenvalue weighted by Gasteiger charge is -2.49. The first kappa shape index (κ1) is 30.0. The summed E-state index contributed by atoms with van der Waals surface area (Å²) in [5, 5.41) is 35.3. The van der Waals surface area contributed by atoms with Crippen molar-refractivity contribution in [2.24, 2.45) is 0 Å². The first-order chi connectivity index (χ1) is 25.4. The van der Waals surface area contributed by atoms with Crippen molar-refractivity contribution in [2.75, 3.05) is 20.4 Å². The van der Waals surface area contributed by atoms with E-state index in [1.807, 2.05) is 107 Å².